The second kappa shape index (κ2) is 7.00. The Balaban J connectivity index is 2.03. The van der Waals surface area contributed by atoms with E-state index in [-0.39, 0.29) is 11.7 Å². The molecule has 1 aromatic carbocycles. The predicted molar refractivity (Wildman–Crippen MR) is 88.8 cm³/mol. The van der Waals surface area contributed by atoms with Crippen molar-refractivity contribution in [1.29, 1.82) is 0 Å². The average molecular weight is 321 g/mol. The van der Waals surface area contributed by atoms with Crippen molar-refractivity contribution in [2.45, 2.75) is 6.04 Å². The maximum absolute atomic E-state index is 13.7. The van der Waals surface area contributed by atoms with E-state index in [0.717, 1.165) is 0 Å². The van der Waals surface area contributed by atoms with Crippen LogP contribution >= 0.6 is 0 Å². The molecule has 0 aliphatic heterocycles. The van der Waals surface area contributed by atoms with Crippen LogP contribution in [0.5, 0.6) is 0 Å². The van der Waals surface area contributed by atoms with Crippen molar-refractivity contribution in [2.75, 3.05) is 7.05 Å². The topological polar surface area (TPSA) is 46.1 Å². The largest absolute Gasteiger partial charge is 0.329 e. The Morgan fingerprint density at radius 1 is 1.08 bits per heavy atom. The molecule has 2 heterocycles. The Kier molecular flexibility index (Phi) is 4.61. The second-order valence-electron chi connectivity index (χ2n) is 5.37. The third-order valence-corrected chi connectivity index (χ3v) is 3.75. The van der Waals surface area contributed by atoms with Gasteiger partial charge in [-0.1, -0.05) is 18.2 Å². The Bertz CT molecular complexity index is 824. The van der Waals surface area contributed by atoms with E-state index in [0.29, 0.717) is 16.8 Å². The van der Waals surface area contributed by atoms with E-state index in [4.69, 9.17) is 0 Å². The number of benzene rings is 1. The highest BCUT2D eigenvalue weighted by molar-refractivity contribution is 5.94. The number of amides is 1. The molecule has 0 saturated carbocycles. The molecule has 24 heavy (non-hydrogen) atoms. The lowest BCUT2D eigenvalue weighted by Crippen LogP contribution is -2.32. The van der Waals surface area contributed by atoms with Gasteiger partial charge in [0.25, 0.3) is 5.91 Å². The summed E-state index contributed by atoms with van der Waals surface area (Å²) in [7, 11) is 1.68. The molecule has 0 unspecified atom stereocenters. The van der Waals surface area contributed by atoms with Crippen LogP contribution in [0.2, 0.25) is 0 Å². The van der Waals surface area contributed by atoms with Crippen molar-refractivity contribution >= 4 is 5.91 Å². The third kappa shape index (κ3) is 3.30. The molecule has 1 amide bonds. The fraction of sp³-hybridized carbons (Fsp3) is 0.105. The lowest BCUT2D eigenvalue weighted by Gasteiger charge is -2.28. The number of hydrogen-bond acceptors (Lipinski definition) is 3. The molecule has 1 atom stereocenters. The van der Waals surface area contributed by atoms with Gasteiger partial charge in [0.15, 0.2) is 0 Å². The number of carbonyl (C=O) groups is 1. The van der Waals surface area contributed by atoms with Crippen molar-refractivity contribution in [1.82, 2.24) is 14.9 Å². The van der Waals surface area contributed by atoms with Gasteiger partial charge in [-0.15, -0.1) is 0 Å². The lowest BCUT2D eigenvalue weighted by atomic mass is 10.0. The summed E-state index contributed by atoms with van der Waals surface area (Å²) in [6.45, 7) is 0. The van der Waals surface area contributed by atoms with Crippen LogP contribution in [0.3, 0.4) is 0 Å². The zero-order valence-corrected chi connectivity index (χ0v) is 13.1. The first kappa shape index (κ1) is 15.8. The van der Waals surface area contributed by atoms with Gasteiger partial charge in [0.1, 0.15) is 5.82 Å². The van der Waals surface area contributed by atoms with Gasteiger partial charge in [0, 0.05) is 25.6 Å². The number of aromatic nitrogens is 2. The van der Waals surface area contributed by atoms with E-state index in [1.165, 1.54) is 18.3 Å². The van der Waals surface area contributed by atoms with E-state index in [9.17, 15) is 9.18 Å². The Morgan fingerprint density at radius 2 is 1.96 bits per heavy atom. The van der Waals surface area contributed by atoms with Gasteiger partial charge >= 0.3 is 0 Å². The first-order valence-electron chi connectivity index (χ1n) is 7.50. The van der Waals surface area contributed by atoms with Crippen molar-refractivity contribution in [3.05, 3.63) is 95.8 Å². The minimum Gasteiger partial charge on any atom is -0.329 e. The zero-order chi connectivity index (χ0) is 16.9. The first-order chi connectivity index (χ1) is 11.7. The maximum Gasteiger partial charge on any atom is 0.255 e. The quantitative estimate of drug-likeness (QED) is 0.739. The van der Waals surface area contributed by atoms with Crippen LogP contribution < -0.4 is 0 Å². The fourth-order valence-electron chi connectivity index (χ4n) is 2.62. The molecular weight excluding hydrogens is 305 g/mol. The number of rotatable bonds is 4. The van der Waals surface area contributed by atoms with Crippen molar-refractivity contribution < 1.29 is 9.18 Å². The summed E-state index contributed by atoms with van der Waals surface area (Å²) >= 11 is 0. The maximum atomic E-state index is 13.7. The molecule has 0 saturated heterocycles. The highest BCUT2D eigenvalue weighted by atomic mass is 19.1. The molecule has 0 N–H and O–H groups in total. The lowest BCUT2D eigenvalue weighted by molar-refractivity contribution is 0.0752. The van der Waals surface area contributed by atoms with Crippen LogP contribution in [-0.4, -0.2) is 27.8 Å². The molecule has 5 heteroatoms. The van der Waals surface area contributed by atoms with E-state index in [1.807, 2.05) is 12.1 Å². The Hall–Kier alpha value is -3.08. The van der Waals surface area contributed by atoms with Gasteiger partial charge in [-0.25, -0.2) is 4.39 Å². The number of pyridine rings is 2. The Labute approximate surface area is 139 Å². The van der Waals surface area contributed by atoms with Crippen LogP contribution in [0, 0.1) is 5.82 Å². The molecule has 3 aromatic rings. The summed E-state index contributed by atoms with van der Waals surface area (Å²) in [6, 6.07) is 14.6. The molecule has 4 nitrogen and oxygen atoms in total. The minimum atomic E-state index is -0.491. The molecule has 0 bridgehead atoms. The zero-order valence-electron chi connectivity index (χ0n) is 13.1. The highest BCUT2D eigenvalue weighted by Crippen LogP contribution is 2.27. The van der Waals surface area contributed by atoms with Gasteiger partial charge in [-0.05, 0) is 42.0 Å². The molecule has 2 aromatic heterocycles. The summed E-state index contributed by atoms with van der Waals surface area (Å²) in [5, 5.41) is 0. The molecule has 0 fully saturated rings. The van der Waals surface area contributed by atoms with E-state index >= 15 is 0 Å². The van der Waals surface area contributed by atoms with Crippen molar-refractivity contribution in [3.8, 4) is 0 Å². The average Bonchev–Trinajstić information content (AvgIpc) is 2.63. The normalized spacial score (nSPS) is 11.8. The van der Waals surface area contributed by atoms with Crippen molar-refractivity contribution in [3.63, 3.8) is 0 Å². The monoisotopic (exact) mass is 321 g/mol. The van der Waals surface area contributed by atoms with Gasteiger partial charge in [0.05, 0.1) is 17.3 Å². The van der Waals surface area contributed by atoms with Gasteiger partial charge in [0.2, 0.25) is 0 Å². The van der Waals surface area contributed by atoms with Crippen LogP contribution in [0.15, 0.2) is 73.2 Å². The summed E-state index contributed by atoms with van der Waals surface area (Å²) in [6.07, 6.45) is 4.78. The summed E-state index contributed by atoms with van der Waals surface area (Å²) in [4.78, 5) is 22.7. The van der Waals surface area contributed by atoms with E-state index in [2.05, 4.69) is 9.97 Å². The van der Waals surface area contributed by atoms with Gasteiger partial charge < -0.3 is 4.90 Å². The molecule has 3 rings (SSSR count). The number of carbonyl (C=O) groups excluding carboxylic acids is 1. The molecule has 0 aliphatic carbocycles. The number of nitrogens with zero attached hydrogens (tertiary/aromatic N) is 3. The molecule has 0 spiro atoms. The summed E-state index contributed by atoms with van der Waals surface area (Å²) in [5.74, 6) is -0.557. The summed E-state index contributed by atoms with van der Waals surface area (Å²) in [5.41, 5.74) is 1.80. The first-order valence-corrected chi connectivity index (χ1v) is 7.50. The fourth-order valence-corrected chi connectivity index (χ4v) is 2.62. The van der Waals surface area contributed by atoms with E-state index in [1.54, 1.807) is 54.7 Å². The molecular formula is C19H16FN3O. The smallest absolute Gasteiger partial charge is 0.255 e. The van der Waals surface area contributed by atoms with E-state index < -0.39 is 6.04 Å². The minimum absolute atomic E-state index is 0.206. The van der Waals surface area contributed by atoms with Gasteiger partial charge in [-0.2, -0.15) is 0 Å². The standard InChI is InChI=1S/C19H16FN3O/c1-23(19(24)15-7-5-10-21-13-15)18(17-9-2-3-11-22-17)14-6-4-8-16(20)12-14/h2-13,18H,1H3/t18-/m0/s1. The van der Waals surface area contributed by atoms with Crippen LogP contribution in [0.1, 0.15) is 27.7 Å². The molecule has 0 radical (unpaired) electrons. The third-order valence-electron chi connectivity index (χ3n) is 3.75. The number of halogens is 1. The van der Waals surface area contributed by atoms with Crippen LogP contribution in [0.4, 0.5) is 4.39 Å². The SMILES string of the molecule is CN(C(=O)c1cccnc1)[C@@H](c1cccc(F)c1)c1ccccn1. The van der Waals surface area contributed by atoms with Crippen LogP contribution in [0.25, 0.3) is 0 Å². The van der Waals surface area contributed by atoms with Crippen LogP contribution in [-0.2, 0) is 0 Å². The van der Waals surface area contributed by atoms with Crippen molar-refractivity contribution in [2.24, 2.45) is 0 Å². The Morgan fingerprint density at radius 3 is 2.62 bits per heavy atom. The predicted octanol–water partition coefficient (Wildman–Crippen LogP) is 3.48. The van der Waals surface area contributed by atoms with Gasteiger partial charge in [-0.3, -0.25) is 14.8 Å². The molecule has 120 valence electrons. The molecule has 0 aliphatic rings. The highest BCUT2D eigenvalue weighted by Gasteiger charge is 2.25. The second-order valence-corrected chi connectivity index (χ2v) is 5.37. The number of hydrogen-bond donors (Lipinski definition) is 0. The summed E-state index contributed by atoms with van der Waals surface area (Å²) < 4.78 is 13.7.